The second-order valence-corrected chi connectivity index (χ2v) is 6.45. The Morgan fingerprint density at radius 1 is 1.14 bits per heavy atom. The molecule has 0 bridgehead atoms. The molecule has 3 nitrogen and oxygen atoms in total. The average Bonchev–Trinajstić information content (AvgIpc) is 3.06. The third-order valence-electron chi connectivity index (χ3n) is 5.03. The van der Waals surface area contributed by atoms with Gasteiger partial charge in [0.05, 0.1) is 6.61 Å². The number of hydrogen-bond acceptors (Lipinski definition) is 3. The Hall–Kier alpha value is -1.06. The Morgan fingerprint density at radius 2 is 1.95 bits per heavy atom. The summed E-state index contributed by atoms with van der Waals surface area (Å²) in [5.41, 5.74) is 7.14. The normalized spacial score (nSPS) is 22.3. The molecule has 1 aliphatic heterocycles. The molecule has 3 rings (SSSR count). The second kappa shape index (κ2) is 7.28. The quantitative estimate of drug-likeness (QED) is 0.874. The largest absolute Gasteiger partial charge is 0.493 e. The first kappa shape index (κ1) is 14.9. The summed E-state index contributed by atoms with van der Waals surface area (Å²) in [5, 5.41) is 0. The number of para-hydroxylation sites is 1. The summed E-state index contributed by atoms with van der Waals surface area (Å²) in [4.78, 5) is 2.71. The molecule has 1 saturated carbocycles. The Balaban J connectivity index is 1.70. The van der Waals surface area contributed by atoms with E-state index in [1.807, 2.05) is 0 Å². The zero-order valence-corrected chi connectivity index (χ0v) is 13.0. The highest BCUT2D eigenvalue weighted by Crippen LogP contribution is 2.35. The summed E-state index contributed by atoms with van der Waals surface area (Å²) in [6.45, 7) is 3.98. The fourth-order valence-corrected chi connectivity index (χ4v) is 3.88. The molecule has 116 valence electrons. The van der Waals surface area contributed by atoms with E-state index in [-0.39, 0.29) is 0 Å². The number of nitrogens with two attached hydrogens (primary N) is 1. The van der Waals surface area contributed by atoms with Crippen molar-refractivity contribution in [2.24, 2.45) is 5.73 Å². The Kier molecular flexibility index (Phi) is 5.15. The monoisotopic (exact) mass is 288 g/mol. The maximum atomic E-state index is 5.80. The minimum atomic E-state index is 0.619. The van der Waals surface area contributed by atoms with Crippen molar-refractivity contribution in [3.05, 3.63) is 29.8 Å². The third kappa shape index (κ3) is 3.58. The molecule has 21 heavy (non-hydrogen) atoms. The van der Waals surface area contributed by atoms with Crippen molar-refractivity contribution in [2.45, 2.75) is 50.5 Å². The van der Waals surface area contributed by atoms with Gasteiger partial charge in [-0.05, 0) is 50.4 Å². The summed E-state index contributed by atoms with van der Waals surface area (Å²) in [6, 6.07) is 9.35. The van der Waals surface area contributed by atoms with Crippen LogP contribution in [0.25, 0.3) is 0 Å². The van der Waals surface area contributed by atoms with Crippen LogP contribution in [-0.2, 0) is 0 Å². The van der Waals surface area contributed by atoms with Gasteiger partial charge in [-0.1, -0.05) is 31.0 Å². The number of hydrogen-bond donors (Lipinski definition) is 1. The van der Waals surface area contributed by atoms with Gasteiger partial charge in [0.2, 0.25) is 0 Å². The molecule has 1 atom stereocenters. The van der Waals surface area contributed by atoms with Gasteiger partial charge in [0.1, 0.15) is 5.75 Å². The maximum absolute atomic E-state index is 5.80. The van der Waals surface area contributed by atoms with Crippen LogP contribution in [0.2, 0.25) is 0 Å². The smallest absolute Gasteiger partial charge is 0.122 e. The SMILES string of the molecule is NCCCN(CC1CCOc2ccccc21)C1CCCC1. The van der Waals surface area contributed by atoms with Gasteiger partial charge in [0.25, 0.3) is 0 Å². The number of rotatable bonds is 6. The maximum Gasteiger partial charge on any atom is 0.122 e. The van der Waals surface area contributed by atoms with Crippen LogP contribution in [0, 0.1) is 0 Å². The number of nitrogens with zero attached hydrogens (tertiary/aromatic N) is 1. The van der Waals surface area contributed by atoms with Gasteiger partial charge in [0, 0.05) is 18.5 Å². The molecule has 1 fully saturated rings. The molecule has 1 aromatic rings. The first-order chi connectivity index (χ1) is 10.4. The average molecular weight is 288 g/mol. The van der Waals surface area contributed by atoms with Crippen molar-refractivity contribution in [2.75, 3.05) is 26.2 Å². The van der Waals surface area contributed by atoms with E-state index in [1.165, 1.54) is 37.8 Å². The molecule has 2 N–H and O–H groups in total. The van der Waals surface area contributed by atoms with Crippen molar-refractivity contribution in [1.82, 2.24) is 4.90 Å². The van der Waals surface area contributed by atoms with E-state index in [1.54, 1.807) is 0 Å². The topological polar surface area (TPSA) is 38.5 Å². The lowest BCUT2D eigenvalue weighted by Gasteiger charge is -2.35. The fourth-order valence-electron chi connectivity index (χ4n) is 3.88. The lowest BCUT2D eigenvalue weighted by atomic mass is 9.92. The summed E-state index contributed by atoms with van der Waals surface area (Å²) in [6.07, 6.45) is 7.79. The first-order valence-corrected chi connectivity index (χ1v) is 8.54. The van der Waals surface area contributed by atoms with E-state index in [0.29, 0.717) is 5.92 Å². The second-order valence-electron chi connectivity index (χ2n) is 6.45. The van der Waals surface area contributed by atoms with Crippen LogP contribution in [0.1, 0.15) is 50.0 Å². The summed E-state index contributed by atoms with van der Waals surface area (Å²) in [5.74, 6) is 1.72. The zero-order valence-electron chi connectivity index (χ0n) is 13.0. The fraction of sp³-hybridized carbons (Fsp3) is 0.667. The standard InChI is InChI=1S/C18H28N2O/c19-11-5-12-20(16-6-1-2-7-16)14-15-10-13-21-18-9-4-3-8-17(15)18/h3-4,8-9,15-16H,1-2,5-7,10-14,19H2. The van der Waals surface area contributed by atoms with Gasteiger partial charge in [-0.3, -0.25) is 4.90 Å². The molecule has 1 unspecified atom stereocenters. The van der Waals surface area contributed by atoms with Crippen molar-refractivity contribution < 1.29 is 4.74 Å². The molecule has 0 amide bonds. The van der Waals surface area contributed by atoms with Crippen LogP contribution < -0.4 is 10.5 Å². The highest BCUT2D eigenvalue weighted by molar-refractivity contribution is 5.37. The lowest BCUT2D eigenvalue weighted by Crippen LogP contribution is -2.39. The van der Waals surface area contributed by atoms with Crippen LogP contribution >= 0.6 is 0 Å². The highest BCUT2D eigenvalue weighted by atomic mass is 16.5. The van der Waals surface area contributed by atoms with E-state index < -0.39 is 0 Å². The Bertz CT molecular complexity index is 443. The minimum absolute atomic E-state index is 0.619. The molecule has 2 aliphatic rings. The zero-order chi connectivity index (χ0) is 14.5. The van der Waals surface area contributed by atoms with Gasteiger partial charge in [0.15, 0.2) is 0 Å². The van der Waals surface area contributed by atoms with Crippen molar-refractivity contribution >= 4 is 0 Å². The van der Waals surface area contributed by atoms with Gasteiger partial charge >= 0.3 is 0 Å². The number of ether oxygens (including phenoxy) is 1. The van der Waals surface area contributed by atoms with Crippen molar-refractivity contribution in [3.63, 3.8) is 0 Å². The first-order valence-electron chi connectivity index (χ1n) is 8.54. The minimum Gasteiger partial charge on any atom is -0.493 e. The summed E-state index contributed by atoms with van der Waals surface area (Å²) < 4.78 is 5.80. The van der Waals surface area contributed by atoms with E-state index in [2.05, 4.69) is 29.2 Å². The Labute approximate surface area is 128 Å². The van der Waals surface area contributed by atoms with Gasteiger partial charge < -0.3 is 10.5 Å². The molecule has 0 aromatic heterocycles. The molecule has 0 radical (unpaired) electrons. The lowest BCUT2D eigenvalue weighted by molar-refractivity contribution is 0.165. The predicted molar refractivity (Wildman–Crippen MR) is 86.8 cm³/mol. The number of fused-ring (bicyclic) bond motifs is 1. The van der Waals surface area contributed by atoms with E-state index in [0.717, 1.165) is 44.3 Å². The van der Waals surface area contributed by atoms with Crippen LogP contribution in [0.4, 0.5) is 0 Å². The van der Waals surface area contributed by atoms with Gasteiger partial charge in [-0.15, -0.1) is 0 Å². The highest BCUT2D eigenvalue weighted by Gasteiger charge is 2.28. The summed E-state index contributed by atoms with van der Waals surface area (Å²) >= 11 is 0. The van der Waals surface area contributed by atoms with Crippen LogP contribution in [-0.4, -0.2) is 37.2 Å². The van der Waals surface area contributed by atoms with Gasteiger partial charge in [-0.25, -0.2) is 0 Å². The van der Waals surface area contributed by atoms with E-state index in [4.69, 9.17) is 10.5 Å². The van der Waals surface area contributed by atoms with Crippen LogP contribution in [0.15, 0.2) is 24.3 Å². The van der Waals surface area contributed by atoms with E-state index >= 15 is 0 Å². The Morgan fingerprint density at radius 3 is 2.76 bits per heavy atom. The third-order valence-corrected chi connectivity index (χ3v) is 5.03. The van der Waals surface area contributed by atoms with Crippen molar-refractivity contribution in [1.29, 1.82) is 0 Å². The molecule has 1 heterocycles. The van der Waals surface area contributed by atoms with Crippen LogP contribution in [0.3, 0.4) is 0 Å². The predicted octanol–water partition coefficient (Wildman–Crippen LogP) is 3.15. The molecular weight excluding hydrogens is 260 g/mol. The van der Waals surface area contributed by atoms with Gasteiger partial charge in [-0.2, -0.15) is 0 Å². The van der Waals surface area contributed by atoms with Crippen LogP contribution in [0.5, 0.6) is 5.75 Å². The molecule has 3 heteroatoms. The molecule has 0 spiro atoms. The number of benzene rings is 1. The molecule has 1 aliphatic carbocycles. The molecular formula is C18H28N2O. The molecule has 1 aromatic carbocycles. The van der Waals surface area contributed by atoms with Crippen molar-refractivity contribution in [3.8, 4) is 5.75 Å². The van der Waals surface area contributed by atoms with E-state index in [9.17, 15) is 0 Å². The molecule has 0 saturated heterocycles. The summed E-state index contributed by atoms with van der Waals surface area (Å²) in [7, 11) is 0.